The summed E-state index contributed by atoms with van der Waals surface area (Å²) in [5.74, 6) is 0.250. The summed E-state index contributed by atoms with van der Waals surface area (Å²) in [7, 11) is 1.60. The molecule has 3 aromatic rings. The number of nitrogens with one attached hydrogen (secondary N) is 1. The molecule has 180 valence electrons. The molecule has 0 radical (unpaired) electrons. The molecule has 1 aliphatic heterocycles. The molecule has 5 rings (SSSR count). The number of β-amino-alcohol motifs (C(OH)–C–C–N with tert-alkyl or cyclic N) is 1. The second-order valence-corrected chi connectivity index (χ2v) is 8.72. The van der Waals surface area contributed by atoms with E-state index in [2.05, 4.69) is 15.1 Å². The highest BCUT2D eigenvalue weighted by atomic mass is 16.5. The first-order chi connectivity index (χ1) is 17.0. The summed E-state index contributed by atoms with van der Waals surface area (Å²) < 4.78 is 5.25. The number of carbonyl (C=O) groups excluding carboxylic acids is 2. The van der Waals surface area contributed by atoms with Crippen LogP contribution in [0.2, 0.25) is 0 Å². The number of nitrogen functional groups attached to an aromatic ring is 1. The van der Waals surface area contributed by atoms with Gasteiger partial charge < -0.3 is 25.8 Å². The van der Waals surface area contributed by atoms with Crippen molar-refractivity contribution in [3.05, 3.63) is 76.9 Å². The van der Waals surface area contributed by atoms with E-state index in [0.717, 1.165) is 30.2 Å². The number of anilines is 4. The van der Waals surface area contributed by atoms with Gasteiger partial charge in [-0.1, -0.05) is 24.3 Å². The fourth-order valence-electron chi connectivity index (χ4n) is 4.85. The van der Waals surface area contributed by atoms with E-state index in [-0.39, 0.29) is 23.7 Å². The fraction of sp³-hybridized carbons (Fsp3) is 0.259. The van der Waals surface area contributed by atoms with Crippen LogP contribution in [0.1, 0.15) is 31.8 Å². The van der Waals surface area contributed by atoms with Gasteiger partial charge in [0.2, 0.25) is 0 Å². The predicted octanol–water partition coefficient (Wildman–Crippen LogP) is 2.91. The number of hydrogen-bond donors (Lipinski definition) is 3. The second-order valence-electron chi connectivity index (χ2n) is 8.72. The Hall–Kier alpha value is -3.88. The molecule has 8 heteroatoms. The van der Waals surface area contributed by atoms with E-state index >= 15 is 0 Å². The van der Waals surface area contributed by atoms with Crippen LogP contribution in [-0.2, 0) is 0 Å². The van der Waals surface area contributed by atoms with Crippen LogP contribution in [0.15, 0.2) is 54.6 Å². The van der Waals surface area contributed by atoms with Crippen LogP contribution in [0.25, 0.3) is 0 Å². The quantitative estimate of drug-likeness (QED) is 0.368. The first-order valence-electron chi connectivity index (χ1n) is 11.7. The number of rotatable bonds is 6. The molecule has 35 heavy (non-hydrogen) atoms. The van der Waals surface area contributed by atoms with E-state index in [0.29, 0.717) is 47.7 Å². The molecule has 0 atom stereocenters. The topological polar surface area (TPSA) is 108 Å². The minimum atomic E-state index is -0.244. The molecule has 2 aliphatic rings. The molecule has 0 spiro atoms. The number of piperazine rings is 1. The van der Waals surface area contributed by atoms with Crippen molar-refractivity contribution >= 4 is 34.3 Å². The van der Waals surface area contributed by atoms with Gasteiger partial charge in [-0.15, -0.1) is 0 Å². The lowest BCUT2D eigenvalue weighted by atomic mass is 9.81. The maximum absolute atomic E-state index is 13.6. The Balaban J connectivity index is 1.61. The highest BCUT2D eigenvalue weighted by molar-refractivity contribution is 6.32. The monoisotopic (exact) mass is 472 g/mol. The van der Waals surface area contributed by atoms with Crippen molar-refractivity contribution in [3.63, 3.8) is 0 Å². The van der Waals surface area contributed by atoms with Gasteiger partial charge >= 0.3 is 0 Å². The van der Waals surface area contributed by atoms with Crippen molar-refractivity contribution in [1.82, 2.24) is 4.90 Å². The Labute approximate surface area is 203 Å². The minimum Gasteiger partial charge on any atom is -0.497 e. The van der Waals surface area contributed by atoms with Gasteiger partial charge in [-0.05, 0) is 30.3 Å². The Morgan fingerprint density at radius 3 is 2.17 bits per heavy atom. The van der Waals surface area contributed by atoms with E-state index in [1.165, 1.54) is 0 Å². The molecular formula is C27H28N4O4. The third-order valence-corrected chi connectivity index (χ3v) is 6.71. The van der Waals surface area contributed by atoms with Crippen LogP contribution >= 0.6 is 0 Å². The second kappa shape index (κ2) is 9.40. The van der Waals surface area contributed by atoms with E-state index in [1.807, 2.05) is 30.3 Å². The van der Waals surface area contributed by atoms with Gasteiger partial charge in [0.25, 0.3) is 0 Å². The van der Waals surface area contributed by atoms with Crippen LogP contribution < -0.4 is 20.7 Å². The molecule has 0 unspecified atom stereocenters. The summed E-state index contributed by atoms with van der Waals surface area (Å²) in [6.07, 6.45) is 0. The van der Waals surface area contributed by atoms with Gasteiger partial charge in [0, 0.05) is 49.5 Å². The smallest absolute Gasteiger partial charge is 0.196 e. The van der Waals surface area contributed by atoms with Crippen molar-refractivity contribution < 1.29 is 19.4 Å². The molecule has 0 amide bonds. The van der Waals surface area contributed by atoms with Crippen LogP contribution in [0.5, 0.6) is 5.75 Å². The lowest BCUT2D eigenvalue weighted by Crippen LogP contribution is -2.47. The fourth-order valence-corrected chi connectivity index (χ4v) is 4.85. The Bertz CT molecular complexity index is 1280. The Kier molecular flexibility index (Phi) is 6.15. The molecule has 0 bridgehead atoms. The number of ketones is 2. The van der Waals surface area contributed by atoms with Crippen LogP contribution in [0.4, 0.5) is 22.7 Å². The average molecular weight is 473 g/mol. The normalized spacial score (nSPS) is 15.5. The number of aliphatic hydroxyl groups excluding tert-OH is 1. The van der Waals surface area contributed by atoms with Gasteiger partial charge in [-0.2, -0.15) is 0 Å². The van der Waals surface area contributed by atoms with Crippen molar-refractivity contribution in [2.45, 2.75) is 0 Å². The maximum Gasteiger partial charge on any atom is 0.196 e. The standard InChI is InChI=1S/C27H28N4O4/c1-35-18-8-6-17(7-9-18)29-21-16-22(31-12-10-30(11-13-31)14-15-32)25(28)24-23(21)26(33)19-4-2-3-5-20(19)27(24)34/h2-9,16,29,32H,10-15,28H2,1H3. The number of aliphatic hydroxyl groups is 1. The summed E-state index contributed by atoms with van der Waals surface area (Å²) in [4.78, 5) is 31.5. The Morgan fingerprint density at radius 1 is 0.943 bits per heavy atom. The SMILES string of the molecule is COc1ccc(Nc2cc(N3CCN(CCO)CC3)c(N)c3c2C(=O)c2ccccc2C3=O)cc1. The summed E-state index contributed by atoms with van der Waals surface area (Å²) >= 11 is 0. The van der Waals surface area contributed by atoms with Gasteiger partial charge in [0.05, 0.1) is 41.9 Å². The molecule has 3 aromatic carbocycles. The highest BCUT2D eigenvalue weighted by Gasteiger charge is 2.35. The largest absolute Gasteiger partial charge is 0.497 e. The summed E-state index contributed by atoms with van der Waals surface area (Å²) in [6.45, 7) is 3.68. The van der Waals surface area contributed by atoms with E-state index in [9.17, 15) is 14.7 Å². The Morgan fingerprint density at radius 2 is 1.57 bits per heavy atom. The number of benzene rings is 3. The molecule has 0 aromatic heterocycles. The lowest BCUT2D eigenvalue weighted by molar-refractivity contribution is 0.0980. The number of methoxy groups -OCH3 is 1. The molecule has 0 saturated carbocycles. The molecular weight excluding hydrogens is 444 g/mol. The van der Waals surface area contributed by atoms with E-state index < -0.39 is 0 Å². The zero-order valence-corrected chi connectivity index (χ0v) is 19.6. The number of nitrogens with zero attached hydrogens (tertiary/aromatic N) is 2. The molecule has 4 N–H and O–H groups in total. The predicted molar refractivity (Wildman–Crippen MR) is 136 cm³/mol. The minimum absolute atomic E-state index is 0.118. The van der Waals surface area contributed by atoms with Gasteiger partial charge in [-0.3, -0.25) is 14.5 Å². The highest BCUT2D eigenvalue weighted by Crippen LogP contribution is 2.42. The van der Waals surface area contributed by atoms with E-state index in [4.69, 9.17) is 10.5 Å². The van der Waals surface area contributed by atoms with Gasteiger partial charge in [0.1, 0.15) is 5.75 Å². The third-order valence-electron chi connectivity index (χ3n) is 6.71. The molecule has 1 aliphatic carbocycles. The van der Waals surface area contributed by atoms with Crippen molar-refractivity contribution in [2.24, 2.45) is 0 Å². The van der Waals surface area contributed by atoms with E-state index in [1.54, 1.807) is 31.4 Å². The summed E-state index contributed by atoms with van der Waals surface area (Å²) in [6, 6.07) is 16.1. The average Bonchev–Trinajstić information content (AvgIpc) is 2.89. The van der Waals surface area contributed by atoms with Crippen molar-refractivity contribution in [1.29, 1.82) is 0 Å². The molecule has 1 heterocycles. The van der Waals surface area contributed by atoms with Crippen LogP contribution in [0, 0.1) is 0 Å². The van der Waals surface area contributed by atoms with Crippen molar-refractivity contribution in [2.75, 3.05) is 62.4 Å². The first kappa shape index (κ1) is 22.9. The van der Waals surface area contributed by atoms with Crippen LogP contribution in [-0.4, -0.2) is 68.0 Å². The van der Waals surface area contributed by atoms with Gasteiger partial charge in [0.15, 0.2) is 11.6 Å². The van der Waals surface area contributed by atoms with Crippen LogP contribution in [0.3, 0.4) is 0 Å². The first-order valence-corrected chi connectivity index (χ1v) is 11.7. The lowest BCUT2D eigenvalue weighted by Gasteiger charge is -2.37. The number of fused-ring (bicyclic) bond motifs is 2. The number of carbonyl (C=O) groups is 2. The summed E-state index contributed by atoms with van der Waals surface area (Å²) in [5, 5.41) is 12.6. The number of nitrogens with two attached hydrogens (primary N) is 1. The number of hydrogen-bond acceptors (Lipinski definition) is 8. The summed E-state index contributed by atoms with van der Waals surface area (Å²) in [5.41, 5.74) is 10.3. The maximum atomic E-state index is 13.6. The molecule has 1 saturated heterocycles. The third kappa shape index (κ3) is 4.11. The number of ether oxygens (including phenoxy) is 1. The zero-order chi connectivity index (χ0) is 24.5. The molecule has 1 fully saturated rings. The zero-order valence-electron chi connectivity index (χ0n) is 19.6. The van der Waals surface area contributed by atoms with Gasteiger partial charge in [-0.25, -0.2) is 0 Å². The van der Waals surface area contributed by atoms with Crippen molar-refractivity contribution in [3.8, 4) is 5.75 Å². The molecule has 8 nitrogen and oxygen atoms in total.